The lowest BCUT2D eigenvalue weighted by Crippen LogP contribution is -2.42. The molecule has 1 aromatic heterocycles. The molecule has 144 valence electrons. The average molecular weight is 462 g/mol. The smallest absolute Gasteiger partial charge is 0.250 e. The third-order valence-corrected chi connectivity index (χ3v) is 4.04. The first-order valence-corrected chi connectivity index (χ1v) is 9.15. The van der Waals surface area contributed by atoms with Gasteiger partial charge in [-0.15, -0.1) is 24.0 Å². The van der Waals surface area contributed by atoms with Gasteiger partial charge in [-0.25, -0.2) is 0 Å². The molecule has 0 saturated carbocycles. The van der Waals surface area contributed by atoms with E-state index in [1.54, 1.807) is 23.7 Å². The molecular weight excluding hydrogens is 427 g/mol. The van der Waals surface area contributed by atoms with Crippen molar-refractivity contribution in [3.63, 3.8) is 0 Å². The van der Waals surface area contributed by atoms with Gasteiger partial charge in [-0.1, -0.05) is 32.8 Å². The van der Waals surface area contributed by atoms with E-state index in [1.807, 2.05) is 12.3 Å². The van der Waals surface area contributed by atoms with Gasteiger partial charge in [0.25, 0.3) is 0 Å². The minimum Gasteiger partial charge on any atom is -0.356 e. The monoisotopic (exact) mass is 462 g/mol. The van der Waals surface area contributed by atoms with Crippen LogP contribution in [0.3, 0.4) is 0 Å². The Morgan fingerprint density at radius 2 is 1.92 bits per heavy atom. The van der Waals surface area contributed by atoms with E-state index in [-0.39, 0.29) is 29.5 Å². The van der Waals surface area contributed by atoms with Crippen molar-refractivity contribution in [2.45, 2.75) is 65.5 Å². The van der Waals surface area contributed by atoms with Crippen molar-refractivity contribution >= 4 is 29.9 Å². The highest BCUT2D eigenvalue weighted by atomic mass is 127. The molecular formula is C19H35IN4O. The Labute approximate surface area is 169 Å². The van der Waals surface area contributed by atoms with Gasteiger partial charge in [-0.3, -0.25) is 9.79 Å². The molecule has 2 N–H and O–H groups in total. The van der Waals surface area contributed by atoms with E-state index >= 15 is 0 Å². The number of halogens is 1. The maximum Gasteiger partial charge on any atom is 0.250 e. The van der Waals surface area contributed by atoms with Gasteiger partial charge in [0.2, 0.25) is 5.56 Å². The lowest BCUT2D eigenvalue weighted by Gasteiger charge is -2.18. The first-order valence-electron chi connectivity index (χ1n) is 9.15. The molecule has 1 heterocycles. The van der Waals surface area contributed by atoms with E-state index in [1.165, 1.54) is 12.8 Å². The van der Waals surface area contributed by atoms with E-state index in [0.29, 0.717) is 6.04 Å². The lowest BCUT2D eigenvalue weighted by atomic mass is 10.0. The summed E-state index contributed by atoms with van der Waals surface area (Å²) in [5.41, 5.74) is 0.0677. The van der Waals surface area contributed by atoms with Crippen molar-refractivity contribution in [3.8, 4) is 0 Å². The highest BCUT2D eigenvalue weighted by Gasteiger charge is 2.05. The zero-order chi connectivity index (χ0) is 17.8. The van der Waals surface area contributed by atoms with E-state index in [0.717, 1.165) is 44.2 Å². The molecule has 1 atom stereocenters. The Morgan fingerprint density at radius 3 is 2.56 bits per heavy atom. The molecule has 0 aliphatic rings. The molecule has 0 aliphatic heterocycles. The minimum atomic E-state index is 0. The van der Waals surface area contributed by atoms with Crippen LogP contribution in [-0.4, -0.2) is 30.2 Å². The number of rotatable bonds is 10. The summed E-state index contributed by atoms with van der Waals surface area (Å²) in [7, 11) is 1.81. The molecule has 0 fully saturated rings. The topological polar surface area (TPSA) is 58.4 Å². The number of aliphatic imine (C=N–C) groups is 1. The maximum atomic E-state index is 11.6. The number of hydrogen-bond acceptors (Lipinski definition) is 2. The highest BCUT2D eigenvalue weighted by molar-refractivity contribution is 14.0. The van der Waals surface area contributed by atoms with Gasteiger partial charge in [0, 0.05) is 38.4 Å². The Balaban J connectivity index is 0.00000576. The van der Waals surface area contributed by atoms with E-state index in [4.69, 9.17) is 0 Å². The number of nitrogens with zero attached hydrogens (tertiary/aromatic N) is 2. The van der Waals surface area contributed by atoms with Gasteiger partial charge in [0.05, 0.1) is 0 Å². The van der Waals surface area contributed by atoms with E-state index in [9.17, 15) is 4.79 Å². The second kappa shape index (κ2) is 14.2. The number of aromatic nitrogens is 1. The highest BCUT2D eigenvalue weighted by Crippen LogP contribution is 2.08. The third-order valence-electron chi connectivity index (χ3n) is 4.04. The van der Waals surface area contributed by atoms with Crippen LogP contribution in [0.15, 0.2) is 34.2 Å². The molecule has 0 bridgehead atoms. The van der Waals surface area contributed by atoms with Crippen LogP contribution >= 0.6 is 24.0 Å². The molecule has 1 aromatic rings. The van der Waals surface area contributed by atoms with Crippen molar-refractivity contribution in [3.05, 3.63) is 34.7 Å². The van der Waals surface area contributed by atoms with Crippen LogP contribution < -0.4 is 16.2 Å². The van der Waals surface area contributed by atoms with Crippen LogP contribution in [0.1, 0.15) is 52.9 Å². The van der Waals surface area contributed by atoms with Gasteiger partial charge < -0.3 is 15.2 Å². The fourth-order valence-electron chi connectivity index (χ4n) is 2.59. The summed E-state index contributed by atoms with van der Waals surface area (Å²) < 4.78 is 1.75. The summed E-state index contributed by atoms with van der Waals surface area (Å²) in [4.78, 5) is 15.9. The molecule has 1 unspecified atom stereocenters. The van der Waals surface area contributed by atoms with Crippen LogP contribution in [0.25, 0.3) is 0 Å². The summed E-state index contributed by atoms with van der Waals surface area (Å²) in [6.07, 6.45) is 7.50. The molecule has 0 saturated heterocycles. The van der Waals surface area contributed by atoms with Crippen LogP contribution in [0.4, 0.5) is 0 Å². The predicted octanol–water partition coefficient (Wildman–Crippen LogP) is 3.63. The van der Waals surface area contributed by atoms with Gasteiger partial charge in [0.15, 0.2) is 5.96 Å². The summed E-state index contributed by atoms with van der Waals surface area (Å²) in [6, 6.07) is 5.70. The Bertz CT molecular complexity index is 542. The molecule has 6 heteroatoms. The molecule has 25 heavy (non-hydrogen) atoms. The van der Waals surface area contributed by atoms with Crippen LogP contribution in [0, 0.1) is 5.92 Å². The van der Waals surface area contributed by atoms with E-state index < -0.39 is 0 Å². The number of unbranched alkanes of at least 4 members (excludes halogenated alkanes) is 1. The first kappa shape index (κ1) is 23.9. The molecule has 0 aliphatic carbocycles. The molecule has 1 rings (SSSR count). The Kier molecular flexibility index (Phi) is 13.6. The molecule has 5 nitrogen and oxygen atoms in total. The van der Waals surface area contributed by atoms with Crippen LogP contribution in [-0.2, 0) is 6.54 Å². The van der Waals surface area contributed by atoms with Crippen molar-refractivity contribution in [2.75, 3.05) is 13.6 Å². The standard InChI is InChI=1S/C19H34N4O.HI/c1-16(2)10-9-11-17(3)22-19(20-4)21-13-6-8-15-23-14-7-5-12-18(23)24;/h5,7,12,14,16-17H,6,8-11,13,15H2,1-4H3,(H2,20,21,22);1H. The average Bonchev–Trinajstić information content (AvgIpc) is 2.54. The largest absolute Gasteiger partial charge is 0.356 e. The quantitative estimate of drug-likeness (QED) is 0.242. The van der Waals surface area contributed by atoms with Crippen molar-refractivity contribution < 1.29 is 0 Å². The molecule has 0 spiro atoms. The first-order chi connectivity index (χ1) is 11.5. The minimum absolute atomic E-state index is 0. The van der Waals surface area contributed by atoms with Crippen molar-refractivity contribution in [1.29, 1.82) is 0 Å². The second-order valence-electron chi connectivity index (χ2n) is 6.81. The summed E-state index contributed by atoms with van der Waals surface area (Å²) in [6.45, 7) is 8.36. The zero-order valence-electron chi connectivity index (χ0n) is 16.1. The van der Waals surface area contributed by atoms with Crippen LogP contribution in [0.5, 0.6) is 0 Å². The van der Waals surface area contributed by atoms with Crippen LogP contribution in [0.2, 0.25) is 0 Å². The number of nitrogens with one attached hydrogen (secondary N) is 2. The van der Waals surface area contributed by atoms with E-state index in [2.05, 4.69) is 36.4 Å². The number of guanidine groups is 1. The van der Waals surface area contributed by atoms with Gasteiger partial charge in [-0.2, -0.15) is 0 Å². The van der Waals surface area contributed by atoms with Crippen molar-refractivity contribution in [1.82, 2.24) is 15.2 Å². The Hall–Kier alpha value is -1.05. The summed E-state index contributed by atoms with van der Waals surface area (Å²) in [5.74, 6) is 1.63. The van der Waals surface area contributed by atoms with Crippen molar-refractivity contribution in [2.24, 2.45) is 10.9 Å². The number of pyridine rings is 1. The summed E-state index contributed by atoms with van der Waals surface area (Å²) in [5, 5.41) is 6.79. The second-order valence-corrected chi connectivity index (χ2v) is 6.81. The Morgan fingerprint density at radius 1 is 1.16 bits per heavy atom. The zero-order valence-corrected chi connectivity index (χ0v) is 18.5. The third kappa shape index (κ3) is 11.2. The fraction of sp³-hybridized carbons (Fsp3) is 0.684. The normalized spacial score (nSPS) is 12.6. The molecule has 0 amide bonds. The molecule has 0 radical (unpaired) electrons. The van der Waals surface area contributed by atoms with Gasteiger partial charge in [0.1, 0.15) is 0 Å². The maximum absolute atomic E-state index is 11.6. The fourth-order valence-corrected chi connectivity index (χ4v) is 2.59. The van der Waals surface area contributed by atoms with Gasteiger partial charge in [-0.05, 0) is 38.2 Å². The SMILES string of the molecule is CN=C(NCCCCn1ccccc1=O)NC(C)CCCC(C)C.I. The number of hydrogen-bond donors (Lipinski definition) is 2. The summed E-state index contributed by atoms with van der Waals surface area (Å²) >= 11 is 0. The number of aryl methyl sites for hydroxylation is 1. The van der Waals surface area contributed by atoms with Gasteiger partial charge >= 0.3 is 0 Å². The lowest BCUT2D eigenvalue weighted by molar-refractivity contribution is 0.490. The predicted molar refractivity (Wildman–Crippen MR) is 118 cm³/mol. The molecule has 0 aromatic carbocycles.